The molecule has 1 rings (SSSR count). The molecule has 0 bridgehead atoms. The molecule has 0 spiro atoms. The number of hydrogen-bond acceptors (Lipinski definition) is 3. The Balaban J connectivity index is 2.19. The predicted octanol–water partition coefficient (Wildman–Crippen LogP) is 2.84. The summed E-state index contributed by atoms with van der Waals surface area (Å²) in [5.41, 5.74) is 0. The molecule has 0 saturated carbocycles. The maximum atomic E-state index is 9.10. The molecule has 0 aromatic rings. The van der Waals surface area contributed by atoms with Gasteiger partial charge in [0, 0.05) is 13.2 Å². The minimum absolute atomic E-state index is 0.128. The molecular formula is C11H19NOS. The van der Waals surface area contributed by atoms with Crippen molar-refractivity contribution in [3.05, 3.63) is 0 Å². The van der Waals surface area contributed by atoms with E-state index in [9.17, 15) is 0 Å². The lowest BCUT2D eigenvalue weighted by Crippen LogP contribution is -2.21. The van der Waals surface area contributed by atoms with Crippen molar-refractivity contribution in [1.29, 1.82) is 5.26 Å². The summed E-state index contributed by atoms with van der Waals surface area (Å²) in [6, 6.07) is 2.45. The smallest absolute Gasteiger partial charge is 0.105 e. The predicted molar refractivity (Wildman–Crippen MR) is 60.3 cm³/mol. The highest BCUT2D eigenvalue weighted by Gasteiger charge is 2.34. The minimum atomic E-state index is -0.128. The second kappa shape index (κ2) is 5.63. The van der Waals surface area contributed by atoms with Crippen molar-refractivity contribution in [2.24, 2.45) is 5.92 Å². The van der Waals surface area contributed by atoms with Crippen LogP contribution in [0.25, 0.3) is 0 Å². The average Bonchev–Trinajstić information content (AvgIpc) is 2.62. The van der Waals surface area contributed by atoms with Gasteiger partial charge in [-0.15, -0.1) is 11.8 Å². The van der Waals surface area contributed by atoms with Gasteiger partial charge < -0.3 is 4.74 Å². The first kappa shape index (κ1) is 11.9. The highest BCUT2D eigenvalue weighted by molar-refractivity contribution is 8.01. The maximum Gasteiger partial charge on any atom is 0.105 e. The Morgan fingerprint density at radius 3 is 2.86 bits per heavy atom. The third kappa shape index (κ3) is 3.51. The third-order valence-electron chi connectivity index (χ3n) is 2.41. The fraction of sp³-hybridized carbons (Fsp3) is 0.909. The van der Waals surface area contributed by atoms with Gasteiger partial charge in [-0.3, -0.25) is 0 Å². The molecule has 80 valence electrons. The van der Waals surface area contributed by atoms with Gasteiger partial charge in [0.2, 0.25) is 0 Å². The van der Waals surface area contributed by atoms with E-state index >= 15 is 0 Å². The molecule has 1 aliphatic rings. The molecular weight excluding hydrogens is 194 g/mol. The molecule has 1 heterocycles. The van der Waals surface area contributed by atoms with Crippen molar-refractivity contribution in [2.45, 2.75) is 37.9 Å². The normalized spacial score (nSPS) is 26.7. The van der Waals surface area contributed by atoms with Crippen molar-refractivity contribution in [3.63, 3.8) is 0 Å². The van der Waals surface area contributed by atoms with E-state index in [4.69, 9.17) is 10.00 Å². The van der Waals surface area contributed by atoms with Crippen LogP contribution in [0.2, 0.25) is 0 Å². The minimum Gasteiger partial charge on any atom is -0.381 e. The number of thioether (sulfide) groups is 1. The van der Waals surface area contributed by atoms with Crippen LogP contribution >= 0.6 is 11.8 Å². The van der Waals surface area contributed by atoms with Gasteiger partial charge in [-0.2, -0.15) is 5.26 Å². The van der Waals surface area contributed by atoms with E-state index in [0.717, 1.165) is 31.8 Å². The zero-order chi connectivity index (χ0) is 10.4. The van der Waals surface area contributed by atoms with Crippen molar-refractivity contribution in [3.8, 4) is 6.07 Å². The topological polar surface area (TPSA) is 33.0 Å². The quantitative estimate of drug-likeness (QED) is 0.658. The van der Waals surface area contributed by atoms with E-state index in [2.05, 4.69) is 19.9 Å². The Kier molecular flexibility index (Phi) is 4.77. The van der Waals surface area contributed by atoms with E-state index in [1.54, 1.807) is 0 Å². The Hall–Kier alpha value is -0.200. The van der Waals surface area contributed by atoms with Crippen LogP contribution in [0.4, 0.5) is 0 Å². The van der Waals surface area contributed by atoms with Gasteiger partial charge in [0.1, 0.15) is 4.75 Å². The molecule has 1 fully saturated rings. The van der Waals surface area contributed by atoms with Crippen LogP contribution in [0.3, 0.4) is 0 Å². The molecule has 0 aromatic heterocycles. The molecule has 14 heavy (non-hydrogen) atoms. The third-order valence-corrected chi connectivity index (χ3v) is 3.95. The summed E-state index contributed by atoms with van der Waals surface area (Å²) in [7, 11) is 0. The molecule has 0 aromatic carbocycles. The number of nitrogens with zero attached hydrogens (tertiary/aromatic N) is 1. The van der Waals surface area contributed by atoms with Crippen LogP contribution in [0, 0.1) is 17.2 Å². The first-order chi connectivity index (χ1) is 6.68. The summed E-state index contributed by atoms with van der Waals surface area (Å²) in [5.74, 6) is 1.72. The lowest BCUT2D eigenvalue weighted by molar-refractivity contribution is 0.104. The second-order valence-electron chi connectivity index (χ2n) is 4.28. The van der Waals surface area contributed by atoms with Crippen LogP contribution in [0.1, 0.15) is 33.1 Å². The Morgan fingerprint density at radius 1 is 1.57 bits per heavy atom. The molecule has 0 radical (unpaired) electrons. The number of ether oxygens (including phenoxy) is 1. The van der Waals surface area contributed by atoms with Crippen molar-refractivity contribution in [1.82, 2.24) is 0 Å². The fourth-order valence-corrected chi connectivity index (χ4v) is 2.86. The standard InChI is InChI=1S/C11H19NOS/c1-10(2)8-13-6-5-11(9-12)4-3-7-14-11/h10H,3-8H2,1-2H3. The molecule has 0 amide bonds. The van der Waals surface area contributed by atoms with Crippen molar-refractivity contribution in [2.75, 3.05) is 19.0 Å². The lowest BCUT2D eigenvalue weighted by Gasteiger charge is -2.19. The summed E-state index contributed by atoms with van der Waals surface area (Å²) < 4.78 is 5.39. The van der Waals surface area contributed by atoms with Crippen LogP contribution < -0.4 is 0 Å². The van der Waals surface area contributed by atoms with E-state index in [1.165, 1.54) is 6.42 Å². The molecule has 1 unspecified atom stereocenters. The molecule has 3 heteroatoms. The number of rotatable bonds is 5. The van der Waals surface area contributed by atoms with Crippen LogP contribution in [-0.2, 0) is 4.74 Å². The SMILES string of the molecule is CC(C)COCCC1(C#N)CCCS1. The molecule has 1 saturated heterocycles. The largest absolute Gasteiger partial charge is 0.381 e. The van der Waals surface area contributed by atoms with E-state index in [-0.39, 0.29) is 4.75 Å². The Bertz CT molecular complexity index is 204. The summed E-state index contributed by atoms with van der Waals surface area (Å²) in [5, 5.41) is 9.10. The first-order valence-corrected chi connectivity index (χ1v) is 6.30. The zero-order valence-corrected chi connectivity index (χ0v) is 9.90. The molecule has 0 N–H and O–H groups in total. The van der Waals surface area contributed by atoms with Crippen LogP contribution in [0.5, 0.6) is 0 Å². The average molecular weight is 213 g/mol. The maximum absolute atomic E-state index is 9.10. The van der Waals surface area contributed by atoms with E-state index in [0.29, 0.717) is 5.92 Å². The van der Waals surface area contributed by atoms with E-state index in [1.807, 2.05) is 11.8 Å². The highest BCUT2D eigenvalue weighted by atomic mass is 32.2. The fourth-order valence-electron chi connectivity index (χ4n) is 1.59. The molecule has 1 aliphatic heterocycles. The lowest BCUT2D eigenvalue weighted by atomic mass is 10.0. The summed E-state index contributed by atoms with van der Waals surface area (Å²) in [4.78, 5) is 0. The monoisotopic (exact) mass is 213 g/mol. The van der Waals surface area contributed by atoms with Gasteiger partial charge >= 0.3 is 0 Å². The summed E-state index contributed by atoms with van der Waals surface area (Å²) in [6.07, 6.45) is 3.11. The van der Waals surface area contributed by atoms with Crippen LogP contribution in [-0.4, -0.2) is 23.7 Å². The Labute approximate surface area is 91.0 Å². The van der Waals surface area contributed by atoms with E-state index < -0.39 is 0 Å². The molecule has 1 atom stereocenters. The summed E-state index contributed by atoms with van der Waals surface area (Å²) in [6.45, 7) is 5.83. The van der Waals surface area contributed by atoms with Gasteiger partial charge in [-0.05, 0) is 30.9 Å². The molecule has 0 aliphatic carbocycles. The van der Waals surface area contributed by atoms with Gasteiger partial charge in [-0.25, -0.2) is 0 Å². The summed E-state index contributed by atoms with van der Waals surface area (Å²) >= 11 is 1.81. The van der Waals surface area contributed by atoms with Gasteiger partial charge in [-0.1, -0.05) is 13.8 Å². The number of hydrogen-bond donors (Lipinski definition) is 0. The second-order valence-corrected chi connectivity index (χ2v) is 5.76. The van der Waals surface area contributed by atoms with Gasteiger partial charge in [0.15, 0.2) is 0 Å². The van der Waals surface area contributed by atoms with Crippen molar-refractivity contribution >= 4 is 11.8 Å². The molecule has 2 nitrogen and oxygen atoms in total. The zero-order valence-electron chi connectivity index (χ0n) is 9.08. The first-order valence-electron chi connectivity index (χ1n) is 5.31. The highest BCUT2D eigenvalue weighted by Crippen LogP contribution is 2.40. The van der Waals surface area contributed by atoms with Crippen molar-refractivity contribution < 1.29 is 4.74 Å². The number of nitriles is 1. The van der Waals surface area contributed by atoms with Crippen LogP contribution in [0.15, 0.2) is 0 Å². The van der Waals surface area contributed by atoms with Gasteiger partial charge in [0.05, 0.1) is 6.07 Å². The Morgan fingerprint density at radius 2 is 2.36 bits per heavy atom. The van der Waals surface area contributed by atoms with Gasteiger partial charge in [0.25, 0.3) is 0 Å².